The zero-order valence-electron chi connectivity index (χ0n) is 14.8. The molecule has 1 saturated heterocycles. The number of aromatic hydroxyl groups is 1. The van der Waals surface area contributed by atoms with Gasteiger partial charge >= 0.3 is 5.97 Å². The predicted octanol–water partition coefficient (Wildman–Crippen LogP) is 4.37. The fourth-order valence-corrected chi connectivity index (χ4v) is 5.33. The number of esters is 1. The van der Waals surface area contributed by atoms with E-state index >= 15 is 0 Å². The number of carbonyl (C=O) groups excluding carboxylic acids is 1. The molecule has 0 amide bonds. The fraction of sp³-hybridized carbons (Fsp3) is 0.667. The molecule has 4 heteroatoms. The minimum Gasteiger partial charge on any atom is -0.506 e. The van der Waals surface area contributed by atoms with E-state index in [1.807, 2.05) is 12.1 Å². The molecule has 0 spiro atoms. The Morgan fingerprint density at radius 1 is 0.920 bits per heavy atom. The third-order valence-corrected chi connectivity index (χ3v) is 6.95. The van der Waals surface area contributed by atoms with E-state index in [2.05, 4.69) is 0 Å². The number of ether oxygens (including phenoxy) is 1. The van der Waals surface area contributed by atoms with Gasteiger partial charge in [0.05, 0.1) is 12.1 Å². The van der Waals surface area contributed by atoms with Crippen LogP contribution in [0, 0.1) is 17.8 Å². The first-order chi connectivity index (χ1) is 12.1. The van der Waals surface area contributed by atoms with Crippen LogP contribution in [0.3, 0.4) is 0 Å². The number of benzene rings is 1. The number of hydrogen-bond donors (Lipinski definition) is 2. The normalized spacial score (nSPS) is 35.7. The molecule has 25 heavy (non-hydrogen) atoms. The van der Waals surface area contributed by atoms with Crippen molar-refractivity contribution >= 4 is 11.7 Å². The van der Waals surface area contributed by atoms with Crippen LogP contribution in [-0.4, -0.2) is 17.2 Å². The summed E-state index contributed by atoms with van der Waals surface area (Å²) in [6.07, 6.45) is 11.0. The summed E-state index contributed by atoms with van der Waals surface area (Å²) in [6, 6.07) is 5.71. The summed E-state index contributed by atoms with van der Waals surface area (Å²) >= 11 is 0. The zero-order chi connectivity index (χ0) is 17.4. The molecule has 1 unspecified atom stereocenters. The van der Waals surface area contributed by atoms with Crippen molar-refractivity contribution in [3.8, 4) is 5.75 Å². The van der Waals surface area contributed by atoms with Crippen LogP contribution in [0.4, 0.5) is 5.69 Å². The van der Waals surface area contributed by atoms with Gasteiger partial charge < -0.3 is 15.6 Å². The van der Waals surface area contributed by atoms with Crippen LogP contribution >= 0.6 is 0 Å². The molecule has 2 saturated carbocycles. The lowest BCUT2D eigenvalue weighted by Gasteiger charge is -2.41. The molecule has 0 bridgehead atoms. The topological polar surface area (TPSA) is 72.6 Å². The van der Waals surface area contributed by atoms with Crippen molar-refractivity contribution in [1.82, 2.24) is 0 Å². The minimum atomic E-state index is -0.0136. The Labute approximate surface area is 149 Å². The first-order valence-electron chi connectivity index (χ1n) is 9.88. The van der Waals surface area contributed by atoms with Gasteiger partial charge in [0.2, 0.25) is 0 Å². The van der Waals surface area contributed by atoms with Gasteiger partial charge in [-0.2, -0.15) is 0 Å². The van der Waals surface area contributed by atoms with Gasteiger partial charge in [-0.25, -0.2) is 0 Å². The first-order valence-corrected chi connectivity index (χ1v) is 9.88. The Kier molecular flexibility index (Phi) is 4.61. The lowest BCUT2D eigenvalue weighted by atomic mass is 9.67. The molecule has 1 aliphatic heterocycles. The van der Waals surface area contributed by atoms with Gasteiger partial charge in [0.15, 0.2) is 0 Å². The minimum absolute atomic E-state index is 0.0136. The quantitative estimate of drug-likeness (QED) is 0.485. The molecule has 4 rings (SSSR count). The predicted molar refractivity (Wildman–Crippen MR) is 97.2 cm³/mol. The molecule has 0 radical (unpaired) electrons. The van der Waals surface area contributed by atoms with Crippen molar-refractivity contribution in [2.24, 2.45) is 17.8 Å². The second-order valence-electron chi connectivity index (χ2n) is 8.34. The summed E-state index contributed by atoms with van der Waals surface area (Å²) in [5.41, 5.74) is 7.63. The van der Waals surface area contributed by atoms with Crippen molar-refractivity contribution in [1.29, 1.82) is 0 Å². The van der Waals surface area contributed by atoms with Crippen molar-refractivity contribution in [3.63, 3.8) is 0 Å². The average molecular weight is 343 g/mol. The summed E-state index contributed by atoms with van der Waals surface area (Å²) in [7, 11) is 0. The van der Waals surface area contributed by atoms with Gasteiger partial charge in [0, 0.05) is 0 Å². The lowest BCUT2D eigenvalue weighted by molar-refractivity contribution is -0.176. The standard InChI is InChI=1S/C21H29NO3/c22-18-11-17(9-10-19(18)23)15-3-1-13(2-4-15)14-5-7-16(8-6-14)20-12-21(24)25-20/h9-11,13-16,20,23H,1-8,12,22H2. The third-order valence-electron chi connectivity index (χ3n) is 6.95. The number of phenols is 1. The number of hydrogen-bond acceptors (Lipinski definition) is 4. The molecule has 4 nitrogen and oxygen atoms in total. The molecule has 1 atom stereocenters. The number of nitrogens with two attached hydrogens (primary N) is 1. The van der Waals surface area contributed by atoms with Gasteiger partial charge in [0.25, 0.3) is 0 Å². The summed E-state index contributed by atoms with van der Waals surface area (Å²) < 4.78 is 5.27. The molecule has 1 heterocycles. The molecule has 136 valence electrons. The highest BCUT2D eigenvalue weighted by Gasteiger charge is 2.39. The van der Waals surface area contributed by atoms with E-state index in [9.17, 15) is 9.90 Å². The Balaban J connectivity index is 1.26. The molecule has 2 aliphatic carbocycles. The Bertz CT molecular complexity index is 620. The summed E-state index contributed by atoms with van der Waals surface area (Å²) in [6.45, 7) is 0. The molecule has 1 aromatic rings. The van der Waals surface area contributed by atoms with E-state index in [0.29, 0.717) is 23.9 Å². The molecule has 0 aromatic heterocycles. The van der Waals surface area contributed by atoms with Gasteiger partial charge in [0.1, 0.15) is 11.9 Å². The summed E-state index contributed by atoms with van der Waals surface area (Å²) in [4.78, 5) is 11.0. The Morgan fingerprint density at radius 3 is 2.04 bits per heavy atom. The molecule has 3 N–H and O–H groups in total. The van der Waals surface area contributed by atoms with Crippen molar-refractivity contribution < 1.29 is 14.6 Å². The number of rotatable bonds is 3. The van der Waals surface area contributed by atoms with Crippen LogP contribution in [0.25, 0.3) is 0 Å². The van der Waals surface area contributed by atoms with Crippen LogP contribution in [0.1, 0.15) is 69.3 Å². The highest BCUT2D eigenvalue weighted by atomic mass is 16.6. The number of nitrogen functional groups attached to an aromatic ring is 1. The third kappa shape index (κ3) is 3.49. The first kappa shape index (κ1) is 16.7. The lowest BCUT2D eigenvalue weighted by Crippen LogP contribution is -2.41. The number of phenolic OH excluding ortho intramolecular Hbond substituents is 1. The van der Waals surface area contributed by atoms with Gasteiger partial charge in [-0.05, 0) is 92.7 Å². The number of anilines is 1. The van der Waals surface area contributed by atoms with E-state index in [1.54, 1.807) is 6.07 Å². The zero-order valence-corrected chi connectivity index (χ0v) is 14.8. The van der Waals surface area contributed by atoms with E-state index in [1.165, 1.54) is 56.9 Å². The summed E-state index contributed by atoms with van der Waals surface area (Å²) in [5, 5.41) is 9.60. The SMILES string of the molecule is Nc1cc(C2CCC(C3CCC(C4CC(=O)O4)CC3)CC2)ccc1O. The van der Waals surface area contributed by atoms with Crippen molar-refractivity contribution in [2.75, 3.05) is 5.73 Å². The summed E-state index contributed by atoms with van der Waals surface area (Å²) in [5.74, 6) is 3.09. The van der Waals surface area contributed by atoms with Crippen molar-refractivity contribution in [2.45, 2.75) is 69.8 Å². The Hall–Kier alpha value is -1.71. The average Bonchev–Trinajstić information content (AvgIpc) is 2.62. The smallest absolute Gasteiger partial charge is 0.309 e. The van der Waals surface area contributed by atoms with Gasteiger partial charge in [-0.3, -0.25) is 4.79 Å². The molecular weight excluding hydrogens is 314 g/mol. The maximum absolute atomic E-state index is 11.0. The number of carbonyl (C=O) groups is 1. The second kappa shape index (κ2) is 6.89. The van der Waals surface area contributed by atoms with Crippen LogP contribution < -0.4 is 5.73 Å². The monoisotopic (exact) mass is 343 g/mol. The molecule has 3 fully saturated rings. The van der Waals surface area contributed by atoms with Crippen LogP contribution in [0.2, 0.25) is 0 Å². The second-order valence-corrected chi connectivity index (χ2v) is 8.34. The van der Waals surface area contributed by atoms with E-state index < -0.39 is 0 Å². The van der Waals surface area contributed by atoms with E-state index in [4.69, 9.17) is 10.5 Å². The van der Waals surface area contributed by atoms with E-state index in [0.717, 1.165) is 11.8 Å². The highest BCUT2D eigenvalue weighted by Crippen LogP contribution is 2.45. The van der Waals surface area contributed by atoms with Crippen molar-refractivity contribution in [3.05, 3.63) is 23.8 Å². The van der Waals surface area contributed by atoms with Crippen LogP contribution in [-0.2, 0) is 9.53 Å². The molecule has 3 aliphatic rings. The number of cyclic esters (lactones) is 1. The molecular formula is C21H29NO3. The van der Waals surface area contributed by atoms with E-state index in [-0.39, 0.29) is 17.8 Å². The maximum Gasteiger partial charge on any atom is 0.309 e. The maximum atomic E-state index is 11.0. The van der Waals surface area contributed by atoms with Crippen LogP contribution in [0.15, 0.2) is 18.2 Å². The Morgan fingerprint density at radius 2 is 1.48 bits per heavy atom. The van der Waals surface area contributed by atoms with Gasteiger partial charge in [-0.1, -0.05) is 6.07 Å². The fourth-order valence-electron chi connectivity index (χ4n) is 5.33. The largest absolute Gasteiger partial charge is 0.506 e. The highest BCUT2D eigenvalue weighted by molar-refractivity contribution is 5.75. The molecule has 1 aromatic carbocycles. The van der Waals surface area contributed by atoms with Gasteiger partial charge in [-0.15, -0.1) is 0 Å². The van der Waals surface area contributed by atoms with Crippen LogP contribution in [0.5, 0.6) is 5.75 Å².